The van der Waals surface area contributed by atoms with Crippen LogP contribution in [0.4, 0.5) is 4.39 Å². The average Bonchev–Trinajstić information content (AvgIpc) is 2.83. The number of aliphatic hydroxyl groups excluding tert-OH is 2. The second-order valence-electron chi connectivity index (χ2n) is 6.81. The van der Waals surface area contributed by atoms with Gasteiger partial charge < -0.3 is 25.4 Å². The fourth-order valence-electron chi connectivity index (χ4n) is 2.61. The van der Waals surface area contributed by atoms with Crippen molar-refractivity contribution in [1.82, 2.24) is 9.13 Å². The first-order chi connectivity index (χ1) is 12.9. The topological polar surface area (TPSA) is 163 Å². The van der Waals surface area contributed by atoms with Gasteiger partial charge in [-0.05, 0) is 5.92 Å². The summed E-state index contributed by atoms with van der Waals surface area (Å²) in [6.07, 6.45) is -5.05. The molecule has 2 heterocycles. The van der Waals surface area contributed by atoms with Crippen molar-refractivity contribution >= 4 is 11.9 Å². The molecule has 28 heavy (non-hydrogen) atoms. The Morgan fingerprint density at radius 1 is 1.39 bits per heavy atom. The molecule has 1 saturated heterocycles. The Morgan fingerprint density at radius 3 is 2.54 bits per heavy atom. The second-order valence-corrected chi connectivity index (χ2v) is 6.81. The van der Waals surface area contributed by atoms with Gasteiger partial charge in [0.1, 0.15) is 18.2 Å². The Bertz CT molecular complexity index is 881. The van der Waals surface area contributed by atoms with Gasteiger partial charge >= 0.3 is 11.7 Å². The van der Waals surface area contributed by atoms with Gasteiger partial charge in [-0.25, -0.2) is 9.18 Å². The number of rotatable bonds is 5. The van der Waals surface area contributed by atoms with E-state index in [4.69, 9.17) is 15.2 Å². The number of hydrogen-bond acceptors (Lipinski definition) is 9. The first-order valence-electron chi connectivity index (χ1n) is 8.41. The zero-order valence-electron chi connectivity index (χ0n) is 15.4. The highest BCUT2D eigenvalue weighted by atomic mass is 19.2. The van der Waals surface area contributed by atoms with Crippen LogP contribution < -0.4 is 17.0 Å². The van der Waals surface area contributed by atoms with Crippen LogP contribution in [-0.4, -0.2) is 61.9 Å². The van der Waals surface area contributed by atoms with Gasteiger partial charge in [-0.1, -0.05) is 13.8 Å². The third-order valence-electron chi connectivity index (χ3n) is 4.37. The number of nitrogens with two attached hydrogens (primary N) is 1. The lowest BCUT2D eigenvalue weighted by molar-refractivity contribution is -0.217. The van der Waals surface area contributed by atoms with Crippen LogP contribution in [-0.2, 0) is 14.3 Å². The predicted molar refractivity (Wildman–Crippen MR) is 91.0 cm³/mol. The molecule has 0 unspecified atom stereocenters. The molecule has 0 radical (unpaired) electrons. The number of carbonyl (C=O) groups is 2. The number of alkyl halides is 1. The van der Waals surface area contributed by atoms with E-state index < -0.39 is 60.1 Å². The zero-order chi connectivity index (χ0) is 21.4. The number of carbonyl (C=O) groups excluding carboxylic acids is 2. The minimum atomic E-state index is -3.05. The molecule has 1 aliphatic heterocycles. The molecule has 0 aliphatic carbocycles. The molecule has 11 nitrogen and oxygen atoms in total. The van der Waals surface area contributed by atoms with Crippen LogP contribution in [0.15, 0.2) is 21.9 Å². The third-order valence-corrected chi connectivity index (χ3v) is 4.37. The quantitative estimate of drug-likeness (QED) is 0.477. The Labute approximate surface area is 158 Å². The Kier molecular flexibility index (Phi) is 6.18. The Balaban J connectivity index is 2.28. The van der Waals surface area contributed by atoms with E-state index in [2.05, 4.69) is 0 Å². The van der Waals surface area contributed by atoms with Gasteiger partial charge in [0.05, 0.1) is 0 Å². The van der Waals surface area contributed by atoms with Gasteiger partial charge in [0, 0.05) is 19.2 Å². The van der Waals surface area contributed by atoms with Crippen LogP contribution in [0.3, 0.4) is 0 Å². The van der Waals surface area contributed by atoms with E-state index in [1.807, 2.05) is 0 Å². The van der Waals surface area contributed by atoms with Crippen molar-refractivity contribution in [3.8, 4) is 0 Å². The van der Waals surface area contributed by atoms with Crippen LogP contribution in [0.5, 0.6) is 0 Å². The number of hydrogen-bond donors (Lipinski definition) is 3. The van der Waals surface area contributed by atoms with Gasteiger partial charge in [0.2, 0.25) is 5.91 Å². The molecule has 1 aromatic rings. The minimum absolute atomic E-state index is 0.252. The summed E-state index contributed by atoms with van der Waals surface area (Å²) in [6, 6.07) is -0.199. The molecule has 1 aliphatic rings. The first-order valence-corrected chi connectivity index (χ1v) is 8.41. The summed E-state index contributed by atoms with van der Waals surface area (Å²) in [7, 11) is 0. The van der Waals surface area contributed by atoms with E-state index in [9.17, 15) is 33.8 Å². The molecule has 0 aromatic carbocycles. The van der Waals surface area contributed by atoms with Crippen molar-refractivity contribution < 1.29 is 33.7 Å². The number of ether oxygens (including phenoxy) is 2. The van der Waals surface area contributed by atoms with Crippen molar-refractivity contribution in [3.63, 3.8) is 0 Å². The molecule has 1 fully saturated rings. The number of aliphatic hydroxyl groups is 2. The first kappa shape index (κ1) is 21.9. The SMILES string of the molecule is CC(=O)n1c(=O)ccn([C@@H]2O[C@](F)(COC(=O)[C@@H](N)C(C)C)[C@@H](O)[C@H]2O)c1=O. The Morgan fingerprint density at radius 2 is 2.00 bits per heavy atom. The van der Waals surface area contributed by atoms with Gasteiger partial charge in [-0.2, -0.15) is 4.57 Å². The molecule has 2 rings (SSSR count). The lowest BCUT2D eigenvalue weighted by Gasteiger charge is -2.24. The van der Waals surface area contributed by atoms with Gasteiger partial charge in [-0.3, -0.25) is 19.0 Å². The molecule has 0 amide bonds. The predicted octanol–water partition coefficient (Wildman–Crippen LogP) is -1.89. The number of esters is 1. The van der Waals surface area contributed by atoms with Crippen LogP contribution >= 0.6 is 0 Å². The number of aromatic nitrogens is 2. The summed E-state index contributed by atoms with van der Waals surface area (Å²) in [5.74, 6) is -5.18. The zero-order valence-corrected chi connectivity index (χ0v) is 15.4. The number of nitrogens with zero attached hydrogens (tertiary/aromatic N) is 2. The molecule has 1 aromatic heterocycles. The van der Waals surface area contributed by atoms with Crippen molar-refractivity contribution in [3.05, 3.63) is 33.1 Å². The van der Waals surface area contributed by atoms with Crippen LogP contribution in [0, 0.1) is 5.92 Å². The van der Waals surface area contributed by atoms with Crippen LogP contribution in [0.25, 0.3) is 0 Å². The Hall–Kier alpha value is -2.41. The molecule has 12 heteroatoms. The van der Waals surface area contributed by atoms with E-state index in [1.165, 1.54) is 0 Å². The second kappa shape index (κ2) is 7.91. The summed E-state index contributed by atoms with van der Waals surface area (Å²) in [5, 5.41) is 20.1. The fraction of sp³-hybridized carbons (Fsp3) is 0.625. The van der Waals surface area contributed by atoms with Gasteiger partial charge in [-0.15, -0.1) is 0 Å². The van der Waals surface area contributed by atoms with Crippen LogP contribution in [0.1, 0.15) is 31.8 Å². The fourth-order valence-corrected chi connectivity index (χ4v) is 2.61. The van der Waals surface area contributed by atoms with Gasteiger partial charge in [0.25, 0.3) is 11.4 Å². The maximum atomic E-state index is 15.0. The van der Waals surface area contributed by atoms with E-state index in [0.29, 0.717) is 4.57 Å². The van der Waals surface area contributed by atoms with Crippen LogP contribution in [0.2, 0.25) is 0 Å². The van der Waals surface area contributed by atoms with E-state index in [-0.39, 0.29) is 10.5 Å². The smallest absolute Gasteiger partial charge is 0.340 e. The average molecular weight is 403 g/mol. The summed E-state index contributed by atoms with van der Waals surface area (Å²) in [6.45, 7) is 3.16. The monoisotopic (exact) mass is 403 g/mol. The van der Waals surface area contributed by atoms with Crippen molar-refractivity contribution in [2.75, 3.05) is 6.61 Å². The van der Waals surface area contributed by atoms with E-state index in [1.54, 1.807) is 13.8 Å². The standard InChI is InChI=1S/C16H22FN3O8/c1-7(2)10(18)14(25)27-6-16(17)12(24)11(23)13(28-16)19-5-4-9(22)20(8(3)21)15(19)26/h4-5,7,10-13,23-24H,6,18H2,1-3H3/t10-,11+,12-,13+,16+/m0/s1. The summed E-state index contributed by atoms with van der Waals surface area (Å²) < 4.78 is 25.5. The molecule has 0 spiro atoms. The lowest BCUT2D eigenvalue weighted by Crippen LogP contribution is -2.46. The highest BCUT2D eigenvalue weighted by molar-refractivity contribution is 5.76. The lowest BCUT2D eigenvalue weighted by atomic mass is 10.1. The molecule has 4 N–H and O–H groups in total. The largest absolute Gasteiger partial charge is 0.458 e. The maximum absolute atomic E-state index is 15.0. The molecular weight excluding hydrogens is 381 g/mol. The molecule has 156 valence electrons. The highest BCUT2D eigenvalue weighted by Crippen LogP contribution is 2.38. The normalized spacial score (nSPS) is 28.4. The van der Waals surface area contributed by atoms with E-state index >= 15 is 0 Å². The van der Waals surface area contributed by atoms with Crippen molar-refractivity contribution in [1.29, 1.82) is 0 Å². The van der Waals surface area contributed by atoms with Crippen molar-refractivity contribution in [2.45, 2.75) is 51.1 Å². The maximum Gasteiger partial charge on any atom is 0.340 e. The third kappa shape index (κ3) is 3.90. The van der Waals surface area contributed by atoms with Gasteiger partial charge in [0.15, 0.2) is 12.8 Å². The van der Waals surface area contributed by atoms with Crippen molar-refractivity contribution in [2.24, 2.45) is 11.7 Å². The molecule has 5 atom stereocenters. The summed E-state index contributed by atoms with van der Waals surface area (Å²) >= 11 is 0. The summed E-state index contributed by atoms with van der Waals surface area (Å²) in [4.78, 5) is 47.2. The molecule has 0 saturated carbocycles. The molecule has 0 bridgehead atoms. The van der Waals surface area contributed by atoms with E-state index in [0.717, 1.165) is 19.2 Å². The molecular formula is C16H22FN3O8. The summed E-state index contributed by atoms with van der Waals surface area (Å²) in [5.41, 5.74) is 3.47. The minimum Gasteiger partial charge on any atom is -0.458 e. The highest BCUT2D eigenvalue weighted by Gasteiger charge is 2.57. The number of halogens is 1.